The summed E-state index contributed by atoms with van der Waals surface area (Å²) in [5, 5.41) is 4.73. The first-order valence-electron chi connectivity index (χ1n) is 16.2. The summed E-state index contributed by atoms with van der Waals surface area (Å²) in [5.41, 5.74) is 2.81. The number of carbonyl (C=O) groups excluding carboxylic acids is 2. The maximum absolute atomic E-state index is 13.7. The fraction of sp³-hybridized carbons (Fsp3) is 0.351. The normalized spacial score (nSPS) is 14.8. The van der Waals surface area contributed by atoms with Crippen molar-refractivity contribution in [2.75, 3.05) is 26.2 Å². The fourth-order valence-electron chi connectivity index (χ4n) is 6.02. The number of amides is 2. The van der Waals surface area contributed by atoms with E-state index < -0.39 is 28.0 Å². The van der Waals surface area contributed by atoms with Crippen molar-refractivity contribution in [3.63, 3.8) is 0 Å². The third-order valence-corrected chi connectivity index (χ3v) is 10.2. The third-order valence-electron chi connectivity index (χ3n) is 8.73. The number of sulfonamides is 1. The van der Waals surface area contributed by atoms with Crippen LogP contribution in [0.1, 0.15) is 55.8 Å². The van der Waals surface area contributed by atoms with Gasteiger partial charge in [0, 0.05) is 32.5 Å². The molecule has 0 saturated carbocycles. The Balaban J connectivity index is 1.34. The van der Waals surface area contributed by atoms with E-state index in [9.17, 15) is 18.0 Å². The van der Waals surface area contributed by atoms with Crippen molar-refractivity contribution in [3.8, 4) is 0 Å². The molecule has 2 N–H and O–H groups in total. The standard InChI is InChI=1S/C37H44N4O4S/c1-3-40(4-2)27-29-18-16-28(17-19-29)24-35(37(43)41-22-10-11-23-41)38-36(42)26-34(31-13-6-5-7-14-31)39-46(44,45)33-21-20-30-12-8-9-15-32(30)25-33/h5-9,12-21,25,34-35,39H,3-4,10-11,22-24,26-27H2,1-2H3,(H,38,42). The maximum atomic E-state index is 13.7. The molecule has 1 heterocycles. The van der Waals surface area contributed by atoms with Gasteiger partial charge in [-0.2, -0.15) is 0 Å². The van der Waals surface area contributed by atoms with Crippen molar-refractivity contribution < 1.29 is 18.0 Å². The summed E-state index contributed by atoms with van der Waals surface area (Å²) < 4.78 is 30.0. The topological polar surface area (TPSA) is 98.8 Å². The Labute approximate surface area is 272 Å². The van der Waals surface area contributed by atoms with Crippen molar-refractivity contribution in [2.24, 2.45) is 0 Å². The van der Waals surface area contributed by atoms with Crippen LogP contribution in [-0.4, -0.2) is 62.3 Å². The van der Waals surface area contributed by atoms with Gasteiger partial charge in [0.05, 0.1) is 10.9 Å². The van der Waals surface area contributed by atoms with Gasteiger partial charge in [-0.15, -0.1) is 0 Å². The SMILES string of the molecule is CCN(CC)Cc1ccc(CC(NC(=O)CC(NS(=O)(=O)c2ccc3ccccc3c2)c2ccccc2)C(=O)N2CCCC2)cc1. The van der Waals surface area contributed by atoms with Gasteiger partial charge in [0.25, 0.3) is 0 Å². The van der Waals surface area contributed by atoms with Crippen LogP contribution in [-0.2, 0) is 32.6 Å². The van der Waals surface area contributed by atoms with Crippen LogP contribution in [0.15, 0.2) is 102 Å². The summed E-state index contributed by atoms with van der Waals surface area (Å²) in [6.45, 7) is 8.43. The van der Waals surface area contributed by atoms with E-state index in [0.717, 1.165) is 48.8 Å². The van der Waals surface area contributed by atoms with Gasteiger partial charge in [-0.3, -0.25) is 14.5 Å². The highest BCUT2D eigenvalue weighted by atomic mass is 32.2. The van der Waals surface area contributed by atoms with E-state index in [0.29, 0.717) is 25.1 Å². The predicted molar refractivity (Wildman–Crippen MR) is 183 cm³/mol. The monoisotopic (exact) mass is 640 g/mol. The summed E-state index contributed by atoms with van der Waals surface area (Å²) in [7, 11) is -3.98. The van der Waals surface area contributed by atoms with Gasteiger partial charge in [-0.05, 0) is 65.5 Å². The Morgan fingerprint density at radius 3 is 2.11 bits per heavy atom. The molecule has 4 aromatic carbocycles. The molecule has 1 saturated heterocycles. The number of nitrogens with zero attached hydrogens (tertiary/aromatic N) is 2. The second kappa shape index (κ2) is 15.5. The maximum Gasteiger partial charge on any atom is 0.245 e. The molecule has 0 bridgehead atoms. The molecule has 2 amide bonds. The summed E-state index contributed by atoms with van der Waals surface area (Å²) in [4.78, 5) is 31.6. The zero-order chi connectivity index (χ0) is 32.5. The second-order valence-corrected chi connectivity index (χ2v) is 13.6. The highest BCUT2D eigenvalue weighted by Gasteiger charge is 2.30. The molecule has 9 heteroatoms. The van der Waals surface area contributed by atoms with E-state index in [2.05, 4.69) is 40.9 Å². The molecule has 1 aliphatic rings. The first-order chi connectivity index (χ1) is 22.3. The van der Waals surface area contributed by atoms with Crippen LogP contribution in [0, 0.1) is 0 Å². The van der Waals surface area contributed by atoms with Crippen molar-refractivity contribution in [1.82, 2.24) is 19.8 Å². The molecule has 46 heavy (non-hydrogen) atoms. The number of fused-ring (bicyclic) bond motifs is 1. The van der Waals surface area contributed by atoms with Crippen molar-refractivity contribution in [1.29, 1.82) is 0 Å². The van der Waals surface area contributed by atoms with Crippen LogP contribution in [0.25, 0.3) is 10.8 Å². The fourth-order valence-corrected chi connectivity index (χ4v) is 7.28. The van der Waals surface area contributed by atoms with E-state index in [-0.39, 0.29) is 17.2 Å². The van der Waals surface area contributed by atoms with Gasteiger partial charge in [0.15, 0.2) is 0 Å². The van der Waals surface area contributed by atoms with Gasteiger partial charge in [0.1, 0.15) is 6.04 Å². The summed E-state index contributed by atoms with van der Waals surface area (Å²) in [6, 6.07) is 28.3. The van der Waals surface area contributed by atoms with Crippen LogP contribution in [0.3, 0.4) is 0 Å². The molecule has 8 nitrogen and oxygen atoms in total. The number of nitrogens with one attached hydrogen (secondary N) is 2. The van der Waals surface area contributed by atoms with Crippen LogP contribution < -0.4 is 10.0 Å². The van der Waals surface area contributed by atoms with Crippen molar-refractivity contribution >= 4 is 32.6 Å². The highest BCUT2D eigenvalue weighted by molar-refractivity contribution is 7.89. The molecule has 0 aromatic heterocycles. The smallest absolute Gasteiger partial charge is 0.245 e. The average molecular weight is 641 g/mol. The first kappa shape index (κ1) is 33.3. The molecule has 1 fully saturated rings. The largest absolute Gasteiger partial charge is 0.344 e. The lowest BCUT2D eigenvalue weighted by molar-refractivity contribution is -0.135. The first-order valence-corrected chi connectivity index (χ1v) is 17.7. The predicted octanol–water partition coefficient (Wildman–Crippen LogP) is 5.44. The summed E-state index contributed by atoms with van der Waals surface area (Å²) in [5.74, 6) is -0.503. The van der Waals surface area contributed by atoms with Gasteiger partial charge >= 0.3 is 0 Å². The number of hydrogen-bond acceptors (Lipinski definition) is 5. The molecule has 2 unspecified atom stereocenters. The molecular formula is C37H44N4O4S. The van der Waals surface area contributed by atoms with E-state index >= 15 is 0 Å². The minimum absolute atomic E-state index is 0.105. The van der Waals surface area contributed by atoms with Gasteiger partial charge in [-0.25, -0.2) is 13.1 Å². The van der Waals surface area contributed by atoms with E-state index in [1.165, 1.54) is 5.56 Å². The zero-order valence-corrected chi connectivity index (χ0v) is 27.5. The minimum atomic E-state index is -3.98. The number of hydrogen-bond donors (Lipinski definition) is 2. The molecule has 0 aliphatic carbocycles. The molecule has 0 radical (unpaired) electrons. The zero-order valence-electron chi connectivity index (χ0n) is 26.7. The van der Waals surface area contributed by atoms with Crippen LogP contribution in [0.4, 0.5) is 0 Å². The van der Waals surface area contributed by atoms with E-state index in [4.69, 9.17) is 0 Å². The Morgan fingerprint density at radius 2 is 1.43 bits per heavy atom. The average Bonchev–Trinajstić information content (AvgIpc) is 3.62. The molecule has 1 aliphatic heterocycles. The van der Waals surface area contributed by atoms with Crippen molar-refractivity contribution in [2.45, 2.75) is 63.1 Å². The van der Waals surface area contributed by atoms with E-state index in [1.807, 2.05) is 59.5 Å². The van der Waals surface area contributed by atoms with Crippen LogP contribution >= 0.6 is 0 Å². The van der Waals surface area contributed by atoms with Crippen LogP contribution in [0.2, 0.25) is 0 Å². The third kappa shape index (κ3) is 8.60. The summed E-state index contributed by atoms with van der Waals surface area (Å²) >= 11 is 0. The Kier molecular flexibility index (Phi) is 11.2. The van der Waals surface area contributed by atoms with Gasteiger partial charge < -0.3 is 10.2 Å². The molecule has 5 rings (SSSR count). The molecular weight excluding hydrogens is 596 g/mol. The number of carbonyl (C=O) groups is 2. The highest BCUT2D eigenvalue weighted by Crippen LogP contribution is 2.24. The lowest BCUT2D eigenvalue weighted by atomic mass is 10.0. The number of rotatable bonds is 14. The molecule has 242 valence electrons. The molecule has 0 spiro atoms. The lowest BCUT2D eigenvalue weighted by Gasteiger charge is -2.26. The summed E-state index contributed by atoms with van der Waals surface area (Å²) in [6.07, 6.45) is 2.08. The second-order valence-electron chi connectivity index (χ2n) is 11.9. The Bertz CT molecular complexity index is 1720. The van der Waals surface area contributed by atoms with Crippen LogP contribution in [0.5, 0.6) is 0 Å². The molecule has 2 atom stereocenters. The number of likely N-dealkylation sites (tertiary alicyclic amines) is 1. The minimum Gasteiger partial charge on any atom is -0.344 e. The van der Waals surface area contributed by atoms with Gasteiger partial charge in [-0.1, -0.05) is 98.8 Å². The Hall–Kier alpha value is -4.05. The Morgan fingerprint density at radius 1 is 0.804 bits per heavy atom. The molecule has 4 aromatic rings. The number of benzene rings is 4. The van der Waals surface area contributed by atoms with E-state index in [1.54, 1.807) is 30.3 Å². The lowest BCUT2D eigenvalue weighted by Crippen LogP contribution is -2.49. The van der Waals surface area contributed by atoms with Gasteiger partial charge in [0.2, 0.25) is 21.8 Å². The van der Waals surface area contributed by atoms with Crippen molar-refractivity contribution in [3.05, 3.63) is 114 Å². The quantitative estimate of drug-likeness (QED) is 0.191.